The fraction of sp³-hybridized carbons (Fsp3) is 0.833. The number of carbonyl (C=O) groups is 1. The van der Waals surface area contributed by atoms with Crippen LogP contribution in [0, 0.1) is 0 Å². The van der Waals surface area contributed by atoms with Gasteiger partial charge < -0.3 is 15.5 Å². The van der Waals surface area contributed by atoms with E-state index < -0.39 is 5.97 Å². The molecule has 0 aromatic rings. The lowest BCUT2D eigenvalue weighted by atomic mass is 10.3. The summed E-state index contributed by atoms with van der Waals surface area (Å²) in [4.78, 5) is 9.00. The Balaban J connectivity index is 0.000000180. The van der Waals surface area contributed by atoms with E-state index in [-0.39, 0.29) is 6.10 Å². The van der Waals surface area contributed by atoms with Crippen molar-refractivity contribution >= 4 is 5.97 Å². The fourth-order valence-corrected chi connectivity index (χ4v) is 0.639. The molecule has 1 aliphatic rings. The first-order valence-electron chi connectivity index (χ1n) is 3.21. The average Bonchev–Trinajstić information content (AvgIpc) is 2.15. The lowest BCUT2D eigenvalue weighted by Gasteiger charge is -1.90. The highest BCUT2D eigenvalue weighted by atomic mass is 16.4. The Morgan fingerprint density at radius 3 is 2.30 bits per heavy atom. The van der Waals surface area contributed by atoms with Gasteiger partial charge in [-0.2, -0.15) is 0 Å². The van der Waals surface area contributed by atoms with Crippen molar-refractivity contribution in [2.75, 3.05) is 13.1 Å². The van der Waals surface area contributed by atoms with Crippen molar-refractivity contribution in [1.29, 1.82) is 0 Å². The molecule has 1 saturated heterocycles. The first-order chi connectivity index (χ1) is 4.63. The van der Waals surface area contributed by atoms with Crippen LogP contribution >= 0.6 is 0 Å². The standard InChI is InChI=1S/C4H9NO.C2H4O2/c6-4-1-2-5-3-4;1-2(3)4/h4-6H,1-3H2;1H3,(H,3,4)/t4-;/m1./s1. The Hall–Kier alpha value is -0.610. The first-order valence-corrected chi connectivity index (χ1v) is 3.21. The Bertz CT molecular complexity index is 95.2. The van der Waals surface area contributed by atoms with Crippen molar-refractivity contribution in [2.45, 2.75) is 19.4 Å². The molecule has 0 amide bonds. The van der Waals surface area contributed by atoms with E-state index in [9.17, 15) is 0 Å². The van der Waals surface area contributed by atoms with Crippen LogP contribution in [-0.2, 0) is 4.79 Å². The van der Waals surface area contributed by atoms with Gasteiger partial charge in [-0.15, -0.1) is 0 Å². The molecule has 4 heteroatoms. The molecule has 1 fully saturated rings. The molecule has 0 unspecified atom stereocenters. The molecular weight excluding hydrogens is 134 g/mol. The summed E-state index contributed by atoms with van der Waals surface area (Å²) in [6.45, 7) is 2.86. The summed E-state index contributed by atoms with van der Waals surface area (Å²) in [5.74, 6) is -0.833. The van der Waals surface area contributed by atoms with E-state index in [1.54, 1.807) is 0 Å². The van der Waals surface area contributed by atoms with Gasteiger partial charge >= 0.3 is 0 Å². The molecule has 10 heavy (non-hydrogen) atoms. The van der Waals surface area contributed by atoms with E-state index in [1.807, 2.05) is 0 Å². The van der Waals surface area contributed by atoms with Gasteiger partial charge in [0, 0.05) is 13.5 Å². The zero-order valence-electron chi connectivity index (χ0n) is 6.00. The van der Waals surface area contributed by atoms with Gasteiger partial charge in [-0.25, -0.2) is 0 Å². The first kappa shape index (κ1) is 9.39. The zero-order valence-corrected chi connectivity index (χ0v) is 6.00. The molecule has 1 heterocycles. The fourth-order valence-electron chi connectivity index (χ4n) is 0.639. The molecule has 1 aliphatic heterocycles. The number of aliphatic hydroxyl groups is 1. The summed E-state index contributed by atoms with van der Waals surface area (Å²) in [5.41, 5.74) is 0. The van der Waals surface area contributed by atoms with Gasteiger partial charge in [0.15, 0.2) is 0 Å². The third-order valence-electron chi connectivity index (χ3n) is 1.03. The van der Waals surface area contributed by atoms with E-state index in [2.05, 4.69) is 5.32 Å². The summed E-state index contributed by atoms with van der Waals surface area (Å²) in [7, 11) is 0. The van der Waals surface area contributed by atoms with Crippen molar-refractivity contribution in [1.82, 2.24) is 5.32 Å². The second kappa shape index (κ2) is 5.20. The molecule has 1 atom stereocenters. The van der Waals surface area contributed by atoms with Crippen LogP contribution in [0.1, 0.15) is 13.3 Å². The highest BCUT2D eigenvalue weighted by molar-refractivity contribution is 5.62. The molecule has 0 bridgehead atoms. The highest BCUT2D eigenvalue weighted by Crippen LogP contribution is 1.93. The van der Waals surface area contributed by atoms with Crippen LogP contribution in [0.5, 0.6) is 0 Å². The van der Waals surface area contributed by atoms with Crippen LogP contribution in [0.4, 0.5) is 0 Å². The molecule has 0 aromatic carbocycles. The molecule has 0 radical (unpaired) electrons. The monoisotopic (exact) mass is 147 g/mol. The maximum Gasteiger partial charge on any atom is 0.300 e. The largest absolute Gasteiger partial charge is 0.481 e. The number of aliphatic carboxylic acids is 1. The molecule has 1 rings (SSSR count). The summed E-state index contributed by atoms with van der Waals surface area (Å²) in [5, 5.41) is 19.1. The minimum Gasteiger partial charge on any atom is -0.481 e. The quantitative estimate of drug-likeness (QED) is 0.429. The average molecular weight is 147 g/mol. The molecule has 0 saturated carbocycles. The molecule has 4 nitrogen and oxygen atoms in total. The van der Waals surface area contributed by atoms with Gasteiger partial charge in [-0.05, 0) is 13.0 Å². The third-order valence-corrected chi connectivity index (χ3v) is 1.03. The number of carboxylic acid groups (broad SMARTS) is 1. The van der Waals surface area contributed by atoms with Gasteiger partial charge in [0.1, 0.15) is 0 Å². The summed E-state index contributed by atoms with van der Waals surface area (Å²) >= 11 is 0. The number of aliphatic hydroxyl groups excluding tert-OH is 1. The minimum atomic E-state index is -0.833. The van der Waals surface area contributed by atoms with E-state index in [1.165, 1.54) is 0 Å². The molecule has 60 valence electrons. The normalized spacial score (nSPS) is 23.2. The Labute approximate surface area is 59.9 Å². The van der Waals surface area contributed by atoms with Gasteiger partial charge in [0.2, 0.25) is 0 Å². The molecule has 3 N–H and O–H groups in total. The van der Waals surface area contributed by atoms with Crippen LogP contribution in [0.25, 0.3) is 0 Å². The number of β-amino-alcohol motifs (C(OH)–C–C–N with tert-alkyl or cyclic N) is 1. The van der Waals surface area contributed by atoms with Crippen molar-refractivity contribution in [3.05, 3.63) is 0 Å². The van der Waals surface area contributed by atoms with Crippen LogP contribution in [0.3, 0.4) is 0 Å². The highest BCUT2D eigenvalue weighted by Gasteiger charge is 2.08. The van der Waals surface area contributed by atoms with E-state index >= 15 is 0 Å². The van der Waals surface area contributed by atoms with Crippen LogP contribution in [-0.4, -0.2) is 35.4 Å². The smallest absolute Gasteiger partial charge is 0.300 e. The SMILES string of the molecule is CC(=O)O.O[C@@H]1CCNC1. The maximum atomic E-state index is 9.00. The Kier molecular flexibility index (Phi) is 4.88. The van der Waals surface area contributed by atoms with Crippen molar-refractivity contribution in [3.8, 4) is 0 Å². The van der Waals surface area contributed by atoms with Crippen LogP contribution in [0.15, 0.2) is 0 Å². The molecule has 0 aromatic heterocycles. The minimum absolute atomic E-state index is 0.0648. The van der Waals surface area contributed by atoms with E-state index in [4.69, 9.17) is 15.0 Å². The predicted molar refractivity (Wildman–Crippen MR) is 36.8 cm³/mol. The third kappa shape index (κ3) is 7.39. The molecular formula is C6H13NO3. The lowest BCUT2D eigenvalue weighted by molar-refractivity contribution is -0.134. The second-order valence-electron chi connectivity index (χ2n) is 2.17. The number of hydrogen-bond donors (Lipinski definition) is 3. The Morgan fingerprint density at radius 1 is 1.70 bits per heavy atom. The number of nitrogens with one attached hydrogen (secondary N) is 1. The predicted octanol–water partition coefficient (Wildman–Crippen LogP) is -0.568. The number of rotatable bonds is 0. The van der Waals surface area contributed by atoms with E-state index in [0.717, 1.165) is 26.4 Å². The van der Waals surface area contributed by atoms with Gasteiger partial charge in [-0.1, -0.05) is 0 Å². The topological polar surface area (TPSA) is 69.6 Å². The van der Waals surface area contributed by atoms with Crippen molar-refractivity contribution in [2.24, 2.45) is 0 Å². The second-order valence-corrected chi connectivity index (χ2v) is 2.17. The number of carboxylic acids is 1. The van der Waals surface area contributed by atoms with Crippen LogP contribution in [0.2, 0.25) is 0 Å². The van der Waals surface area contributed by atoms with Crippen molar-refractivity contribution in [3.63, 3.8) is 0 Å². The van der Waals surface area contributed by atoms with Gasteiger partial charge in [0.05, 0.1) is 6.10 Å². The number of hydrogen-bond acceptors (Lipinski definition) is 3. The summed E-state index contributed by atoms with van der Waals surface area (Å²) < 4.78 is 0. The molecule has 0 aliphatic carbocycles. The summed E-state index contributed by atoms with van der Waals surface area (Å²) in [6, 6.07) is 0. The molecule has 0 spiro atoms. The maximum absolute atomic E-state index is 9.00. The van der Waals surface area contributed by atoms with Crippen LogP contribution < -0.4 is 5.32 Å². The summed E-state index contributed by atoms with van der Waals surface area (Å²) in [6.07, 6.45) is 0.866. The van der Waals surface area contributed by atoms with Crippen molar-refractivity contribution < 1.29 is 15.0 Å². The zero-order chi connectivity index (χ0) is 7.98. The van der Waals surface area contributed by atoms with Gasteiger partial charge in [0.25, 0.3) is 5.97 Å². The Morgan fingerprint density at radius 2 is 2.20 bits per heavy atom. The lowest BCUT2D eigenvalue weighted by Crippen LogP contribution is -2.11. The van der Waals surface area contributed by atoms with Gasteiger partial charge in [-0.3, -0.25) is 4.79 Å². The van der Waals surface area contributed by atoms with E-state index in [0.29, 0.717) is 0 Å².